The second-order valence-electron chi connectivity index (χ2n) is 7.59. The van der Waals surface area contributed by atoms with Crippen LogP contribution >= 0.6 is 0 Å². The number of carbonyl (C=O) groups is 1. The van der Waals surface area contributed by atoms with Gasteiger partial charge in [-0.2, -0.15) is 13.2 Å². The van der Waals surface area contributed by atoms with E-state index < -0.39 is 17.7 Å². The highest BCUT2D eigenvalue weighted by Crippen LogP contribution is 2.33. The molecular weight excluding hydrogens is 465 g/mol. The Hall–Kier alpha value is -3.42. The van der Waals surface area contributed by atoms with E-state index in [-0.39, 0.29) is 18.4 Å². The molecule has 0 unspecified atom stereocenters. The number of imidazole rings is 1. The van der Waals surface area contributed by atoms with Crippen LogP contribution in [0.5, 0.6) is 0 Å². The molecule has 0 saturated heterocycles. The van der Waals surface area contributed by atoms with E-state index >= 15 is 0 Å². The van der Waals surface area contributed by atoms with Crippen LogP contribution in [0.25, 0.3) is 17.0 Å². The summed E-state index contributed by atoms with van der Waals surface area (Å²) in [6.45, 7) is 14.9. The molecule has 0 radical (unpaired) electrons. The average molecular weight is 503 g/mol. The van der Waals surface area contributed by atoms with E-state index in [0.717, 1.165) is 16.7 Å². The van der Waals surface area contributed by atoms with E-state index in [9.17, 15) is 18.0 Å². The van der Waals surface area contributed by atoms with Crippen molar-refractivity contribution in [3.8, 4) is 11.3 Å². The second kappa shape index (κ2) is 14.2. The van der Waals surface area contributed by atoms with Crippen LogP contribution < -0.4 is 5.32 Å². The molecule has 0 aliphatic carbocycles. The van der Waals surface area contributed by atoms with Gasteiger partial charge in [0.15, 0.2) is 0 Å². The van der Waals surface area contributed by atoms with Crippen LogP contribution in [0.3, 0.4) is 0 Å². The number of alkyl halides is 3. The Kier molecular flexibility index (Phi) is 12.1. The van der Waals surface area contributed by atoms with E-state index in [4.69, 9.17) is 0 Å². The molecule has 1 N–H and O–H groups in total. The van der Waals surface area contributed by atoms with Crippen molar-refractivity contribution in [2.45, 2.75) is 74.4 Å². The number of aryl methyl sites for hydroxylation is 2. The minimum absolute atomic E-state index is 0.233. The minimum Gasteiger partial charge on any atom is -0.322 e. The molecule has 0 spiro atoms. The van der Waals surface area contributed by atoms with Crippen LogP contribution in [0.15, 0.2) is 60.1 Å². The van der Waals surface area contributed by atoms with Gasteiger partial charge in [0.05, 0.1) is 5.69 Å². The van der Waals surface area contributed by atoms with E-state index in [0.29, 0.717) is 17.2 Å². The van der Waals surface area contributed by atoms with Gasteiger partial charge in [0.1, 0.15) is 0 Å². The number of aromatic nitrogens is 3. The normalized spacial score (nSPS) is 11.9. The highest BCUT2D eigenvalue weighted by atomic mass is 19.4. The van der Waals surface area contributed by atoms with E-state index in [1.165, 1.54) is 12.2 Å². The number of halogens is 3. The van der Waals surface area contributed by atoms with Gasteiger partial charge in [-0.25, -0.2) is 9.97 Å². The van der Waals surface area contributed by atoms with Gasteiger partial charge in [-0.1, -0.05) is 65.3 Å². The van der Waals surface area contributed by atoms with Crippen molar-refractivity contribution in [2.24, 2.45) is 0 Å². The van der Waals surface area contributed by atoms with Gasteiger partial charge in [0.25, 0.3) is 5.91 Å². The van der Waals surface area contributed by atoms with Crippen molar-refractivity contribution >= 4 is 17.4 Å². The molecule has 0 aliphatic rings. The van der Waals surface area contributed by atoms with Crippen LogP contribution in [0.4, 0.5) is 18.9 Å². The fourth-order valence-electron chi connectivity index (χ4n) is 3.39. The highest BCUT2D eigenvalue weighted by Gasteiger charge is 2.36. The summed E-state index contributed by atoms with van der Waals surface area (Å²) in [4.78, 5) is 21.7. The molecule has 2 aromatic heterocycles. The molecule has 0 atom stereocenters. The average Bonchev–Trinajstić information content (AvgIpc) is 3.27. The Labute approximate surface area is 212 Å². The van der Waals surface area contributed by atoms with Crippen molar-refractivity contribution in [1.29, 1.82) is 0 Å². The summed E-state index contributed by atoms with van der Waals surface area (Å²) in [5, 5.41) is 2.66. The number of fused-ring (bicyclic) bond motifs is 1. The van der Waals surface area contributed by atoms with Crippen molar-refractivity contribution in [1.82, 2.24) is 14.4 Å². The lowest BCUT2D eigenvalue weighted by atomic mass is 10.0. The van der Waals surface area contributed by atoms with Crippen molar-refractivity contribution in [3.05, 3.63) is 71.2 Å². The summed E-state index contributed by atoms with van der Waals surface area (Å²) in [6.07, 6.45) is 3.55. The monoisotopic (exact) mass is 502 g/mol. The minimum atomic E-state index is -4.58. The fourth-order valence-corrected chi connectivity index (χ4v) is 3.39. The van der Waals surface area contributed by atoms with Gasteiger partial charge >= 0.3 is 6.18 Å². The lowest BCUT2D eigenvalue weighted by Gasteiger charge is -2.16. The SMILES string of the molecule is C/C=C\C(C(=O)Nc1cc(-c2cn3cc(C)cnc3n2)ccc1C)=C(/CCC)C(F)(F)F.CC.CC. The highest BCUT2D eigenvalue weighted by molar-refractivity contribution is 6.07. The molecule has 0 aliphatic heterocycles. The second-order valence-corrected chi connectivity index (χ2v) is 7.59. The maximum atomic E-state index is 13.6. The van der Waals surface area contributed by atoms with Crippen molar-refractivity contribution in [3.63, 3.8) is 0 Å². The molecule has 0 bridgehead atoms. The topological polar surface area (TPSA) is 59.3 Å². The first-order chi connectivity index (χ1) is 17.1. The Bertz CT molecular complexity index is 1210. The molecule has 2 heterocycles. The molecule has 0 saturated carbocycles. The lowest BCUT2D eigenvalue weighted by Crippen LogP contribution is -2.22. The number of carbonyl (C=O) groups excluding carboxylic acids is 1. The maximum Gasteiger partial charge on any atom is 0.413 e. The lowest BCUT2D eigenvalue weighted by molar-refractivity contribution is -0.115. The first-order valence-electron chi connectivity index (χ1n) is 12.3. The number of rotatable bonds is 6. The predicted octanol–water partition coefficient (Wildman–Crippen LogP) is 8.24. The number of nitrogens with one attached hydrogen (secondary N) is 1. The number of benzene rings is 1. The number of allylic oxidation sites excluding steroid dienone is 2. The van der Waals surface area contributed by atoms with E-state index in [2.05, 4.69) is 15.3 Å². The van der Waals surface area contributed by atoms with Gasteiger partial charge in [-0.05, 0) is 44.4 Å². The van der Waals surface area contributed by atoms with Crippen molar-refractivity contribution < 1.29 is 18.0 Å². The van der Waals surface area contributed by atoms with Gasteiger partial charge in [-0.15, -0.1) is 0 Å². The molecule has 3 aromatic rings. The number of hydrogen-bond donors (Lipinski definition) is 1. The summed E-state index contributed by atoms with van der Waals surface area (Å²) >= 11 is 0. The summed E-state index contributed by atoms with van der Waals surface area (Å²) in [7, 11) is 0. The van der Waals surface area contributed by atoms with Crippen LogP contribution in [0.1, 0.15) is 65.5 Å². The Morgan fingerprint density at radius 3 is 2.36 bits per heavy atom. The molecule has 1 aromatic carbocycles. The number of amides is 1. The predicted molar refractivity (Wildman–Crippen MR) is 142 cm³/mol. The van der Waals surface area contributed by atoms with Gasteiger partial charge in [0, 0.05) is 41.0 Å². The molecule has 0 fully saturated rings. The first kappa shape index (κ1) is 30.6. The number of hydrogen-bond acceptors (Lipinski definition) is 3. The Morgan fingerprint density at radius 1 is 1.11 bits per heavy atom. The van der Waals surface area contributed by atoms with E-state index in [1.54, 1.807) is 43.5 Å². The van der Waals surface area contributed by atoms with Crippen molar-refractivity contribution in [2.75, 3.05) is 5.32 Å². The summed E-state index contributed by atoms with van der Waals surface area (Å²) in [6, 6.07) is 5.35. The molecule has 36 heavy (non-hydrogen) atoms. The van der Waals surface area contributed by atoms with Crippen LogP contribution in [0, 0.1) is 13.8 Å². The van der Waals surface area contributed by atoms with Gasteiger partial charge in [0.2, 0.25) is 5.78 Å². The zero-order chi connectivity index (χ0) is 27.5. The standard InChI is InChI=1S/C24H25F3N4O.2C2H6/c1-5-7-18(19(8-6-2)24(25,26)27)22(32)29-20-11-17(10-9-16(20)4)21-14-31-13-15(3)12-28-23(31)30-21;2*1-2/h5,7,9-14H,6,8H2,1-4H3,(H,29,32);2*1-2H3/b7-5-,19-18-;;. The molecule has 1 amide bonds. The third kappa shape index (κ3) is 7.80. The summed E-state index contributed by atoms with van der Waals surface area (Å²) in [5.74, 6) is -0.263. The quantitative estimate of drug-likeness (QED) is 0.273. The Balaban J connectivity index is 0.00000154. The first-order valence-corrected chi connectivity index (χ1v) is 12.3. The third-order valence-corrected chi connectivity index (χ3v) is 4.97. The summed E-state index contributed by atoms with van der Waals surface area (Å²) in [5.41, 5.74) is 2.29. The molecule has 8 heteroatoms. The molecule has 196 valence electrons. The Morgan fingerprint density at radius 2 is 1.78 bits per heavy atom. The number of anilines is 1. The smallest absolute Gasteiger partial charge is 0.322 e. The number of nitrogens with zero attached hydrogens (tertiary/aromatic N) is 3. The van der Waals surface area contributed by atoms with Crippen LogP contribution in [-0.4, -0.2) is 26.5 Å². The van der Waals surface area contributed by atoms with Gasteiger partial charge < -0.3 is 5.32 Å². The van der Waals surface area contributed by atoms with Gasteiger partial charge in [-0.3, -0.25) is 9.20 Å². The van der Waals surface area contributed by atoms with Crippen LogP contribution in [-0.2, 0) is 4.79 Å². The zero-order valence-corrected chi connectivity index (χ0v) is 22.4. The van der Waals surface area contributed by atoms with Crippen LogP contribution in [0.2, 0.25) is 0 Å². The molecule has 5 nitrogen and oxygen atoms in total. The van der Waals surface area contributed by atoms with E-state index in [1.807, 2.05) is 53.1 Å². The largest absolute Gasteiger partial charge is 0.413 e. The molecular formula is C28H37F3N4O. The fraction of sp³-hybridized carbons (Fsp3) is 0.393. The summed E-state index contributed by atoms with van der Waals surface area (Å²) < 4.78 is 42.6. The molecule has 3 rings (SSSR count). The maximum absolute atomic E-state index is 13.6. The third-order valence-electron chi connectivity index (χ3n) is 4.97. The zero-order valence-electron chi connectivity index (χ0n) is 22.4.